The largest absolute Gasteiger partial charge is 0.573 e. The van der Waals surface area contributed by atoms with Crippen LogP contribution >= 0.6 is 0 Å². The molecule has 1 fully saturated rings. The number of hydrogen-bond acceptors (Lipinski definition) is 6. The summed E-state index contributed by atoms with van der Waals surface area (Å²) in [5, 5.41) is 15.4. The summed E-state index contributed by atoms with van der Waals surface area (Å²) >= 11 is 0. The molecule has 4 rings (SSSR count). The number of nitrogens with two attached hydrogens (primary N) is 1. The minimum absolute atomic E-state index is 0.142. The number of benzene rings is 1. The third-order valence-corrected chi connectivity index (χ3v) is 5.90. The first-order valence-corrected chi connectivity index (χ1v) is 10.4. The SMILES string of the molecule is C[C@]1(O)CCC[C@H]1c1c(-c2ccc(OC(F)(F)F)cc2)nn(-c2cccnc2)c(=O)c1C(N)=O. The number of aromatic nitrogens is 3. The molecule has 0 saturated heterocycles. The second-order valence-corrected chi connectivity index (χ2v) is 8.30. The average Bonchev–Trinajstić information content (AvgIpc) is 3.12. The van der Waals surface area contributed by atoms with Crippen molar-refractivity contribution < 1.29 is 27.8 Å². The highest BCUT2D eigenvalue weighted by Crippen LogP contribution is 2.46. The number of ether oxygens (including phenoxy) is 1. The summed E-state index contributed by atoms with van der Waals surface area (Å²) in [4.78, 5) is 29.8. The van der Waals surface area contributed by atoms with Crippen LogP contribution in [-0.4, -0.2) is 37.7 Å². The van der Waals surface area contributed by atoms with E-state index in [9.17, 15) is 27.9 Å². The van der Waals surface area contributed by atoms with Crippen LogP contribution in [0, 0.1) is 0 Å². The van der Waals surface area contributed by atoms with Gasteiger partial charge in [-0.15, -0.1) is 13.2 Å². The number of nitrogens with zero attached hydrogens (tertiary/aromatic N) is 3. The molecule has 3 aromatic rings. The Morgan fingerprint density at radius 3 is 2.50 bits per heavy atom. The van der Waals surface area contributed by atoms with Crippen molar-refractivity contribution in [3.05, 3.63) is 70.3 Å². The number of primary amides is 1. The summed E-state index contributed by atoms with van der Waals surface area (Å²) in [5.74, 6) is -2.08. The standard InChI is InChI=1S/C23H21F3N4O4/c1-22(33)10-2-5-16(22)17-18(20(27)31)21(32)30(14-4-3-11-28-12-14)29-19(17)13-6-8-15(9-7-13)34-23(24,25)26/h3-4,6-9,11-12,16,33H,2,5,10H2,1H3,(H2,27,31)/t16-,22-/m0/s1. The van der Waals surface area contributed by atoms with Crippen LogP contribution in [-0.2, 0) is 0 Å². The lowest BCUT2D eigenvalue weighted by molar-refractivity contribution is -0.274. The smallest absolute Gasteiger partial charge is 0.406 e. The molecule has 0 radical (unpaired) electrons. The van der Waals surface area contributed by atoms with Crippen molar-refractivity contribution in [2.75, 3.05) is 0 Å². The summed E-state index contributed by atoms with van der Waals surface area (Å²) in [5.41, 5.74) is 4.17. The predicted molar refractivity (Wildman–Crippen MR) is 115 cm³/mol. The zero-order valence-corrected chi connectivity index (χ0v) is 18.0. The molecule has 2 aromatic heterocycles. The lowest BCUT2D eigenvalue weighted by atomic mass is 9.82. The van der Waals surface area contributed by atoms with E-state index >= 15 is 0 Å². The van der Waals surface area contributed by atoms with Gasteiger partial charge in [0.1, 0.15) is 11.3 Å². The Balaban J connectivity index is 1.99. The van der Waals surface area contributed by atoms with Crippen molar-refractivity contribution in [1.29, 1.82) is 0 Å². The van der Waals surface area contributed by atoms with Gasteiger partial charge in [0.15, 0.2) is 0 Å². The fourth-order valence-electron chi connectivity index (χ4n) is 4.40. The molecule has 1 aliphatic carbocycles. The maximum absolute atomic E-state index is 13.3. The minimum atomic E-state index is -4.86. The van der Waals surface area contributed by atoms with Gasteiger partial charge in [0, 0.05) is 23.2 Å². The van der Waals surface area contributed by atoms with Crippen LogP contribution in [0.5, 0.6) is 5.75 Å². The minimum Gasteiger partial charge on any atom is -0.406 e. The molecule has 0 aliphatic heterocycles. The fourth-order valence-corrected chi connectivity index (χ4v) is 4.40. The predicted octanol–water partition coefficient (Wildman–Crippen LogP) is 3.31. The molecule has 11 heteroatoms. The third-order valence-electron chi connectivity index (χ3n) is 5.90. The Labute approximate surface area is 191 Å². The zero-order chi connectivity index (χ0) is 24.7. The lowest BCUT2D eigenvalue weighted by Gasteiger charge is -2.29. The van der Waals surface area contributed by atoms with E-state index in [-0.39, 0.29) is 22.5 Å². The van der Waals surface area contributed by atoms with Gasteiger partial charge in [-0.1, -0.05) is 0 Å². The summed E-state index contributed by atoms with van der Waals surface area (Å²) in [7, 11) is 0. The number of pyridine rings is 1. The van der Waals surface area contributed by atoms with Crippen LogP contribution in [0.15, 0.2) is 53.6 Å². The van der Waals surface area contributed by atoms with Gasteiger partial charge in [-0.25, -0.2) is 0 Å². The van der Waals surface area contributed by atoms with E-state index in [1.807, 2.05) is 0 Å². The highest BCUT2D eigenvalue weighted by Gasteiger charge is 2.42. The molecule has 1 aliphatic rings. The molecule has 0 unspecified atom stereocenters. The normalized spacial score (nSPS) is 20.3. The molecular weight excluding hydrogens is 453 g/mol. The van der Waals surface area contributed by atoms with Crippen molar-refractivity contribution in [3.8, 4) is 22.7 Å². The van der Waals surface area contributed by atoms with E-state index in [2.05, 4.69) is 14.8 Å². The number of amides is 1. The molecule has 2 heterocycles. The van der Waals surface area contributed by atoms with E-state index in [1.165, 1.54) is 24.5 Å². The van der Waals surface area contributed by atoms with Crippen molar-refractivity contribution in [1.82, 2.24) is 14.8 Å². The highest BCUT2D eigenvalue weighted by molar-refractivity contribution is 5.96. The fraction of sp³-hybridized carbons (Fsp3) is 0.304. The first-order valence-electron chi connectivity index (χ1n) is 10.4. The Morgan fingerprint density at radius 2 is 1.97 bits per heavy atom. The molecule has 3 N–H and O–H groups in total. The number of carbonyl (C=O) groups is 1. The van der Waals surface area contributed by atoms with Crippen LogP contribution in [0.25, 0.3) is 16.9 Å². The van der Waals surface area contributed by atoms with Gasteiger partial charge in [0.25, 0.3) is 11.5 Å². The first kappa shape index (κ1) is 23.4. The molecule has 8 nitrogen and oxygen atoms in total. The lowest BCUT2D eigenvalue weighted by Crippen LogP contribution is -2.37. The quantitative estimate of drug-likeness (QED) is 0.586. The number of aliphatic hydroxyl groups is 1. The van der Waals surface area contributed by atoms with Crippen molar-refractivity contribution in [2.45, 2.75) is 44.1 Å². The van der Waals surface area contributed by atoms with Crippen molar-refractivity contribution in [2.24, 2.45) is 5.73 Å². The Kier molecular flexibility index (Phi) is 5.90. The molecular formula is C23H21F3N4O4. The number of hydrogen-bond donors (Lipinski definition) is 2. The van der Waals surface area contributed by atoms with Gasteiger partial charge in [-0.05, 0) is 62.6 Å². The van der Waals surface area contributed by atoms with E-state index in [0.717, 1.165) is 16.8 Å². The van der Waals surface area contributed by atoms with Crippen LogP contribution < -0.4 is 16.0 Å². The van der Waals surface area contributed by atoms with E-state index in [4.69, 9.17) is 5.73 Å². The Hall–Kier alpha value is -3.73. The van der Waals surface area contributed by atoms with Crippen LogP contribution in [0.2, 0.25) is 0 Å². The van der Waals surface area contributed by atoms with E-state index in [0.29, 0.717) is 24.8 Å². The van der Waals surface area contributed by atoms with Crippen LogP contribution in [0.3, 0.4) is 0 Å². The van der Waals surface area contributed by atoms with E-state index in [1.54, 1.807) is 19.1 Å². The maximum atomic E-state index is 13.3. The molecule has 0 bridgehead atoms. The van der Waals surface area contributed by atoms with Crippen LogP contribution in [0.1, 0.15) is 48.0 Å². The third kappa shape index (κ3) is 4.51. The van der Waals surface area contributed by atoms with Crippen molar-refractivity contribution >= 4 is 5.91 Å². The monoisotopic (exact) mass is 474 g/mol. The van der Waals surface area contributed by atoms with Gasteiger partial charge in [0.2, 0.25) is 0 Å². The topological polar surface area (TPSA) is 120 Å². The number of halogens is 3. The summed E-state index contributed by atoms with van der Waals surface area (Å²) in [6.45, 7) is 1.60. The molecule has 0 spiro atoms. The van der Waals surface area contributed by atoms with Gasteiger partial charge in [0.05, 0.1) is 23.2 Å². The molecule has 1 saturated carbocycles. The Bertz CT molecular complexity index is 1270. The highest BCUT2D eigenvalue weighted by atomic mass is 19.4. The summed E-state index contributed by atoms with van der Waals surface area (Å²) in [6, 6.07) is 8.00. The number of rotatable bonds is 5. The molecule has 1 aromatic carbocycles. The van der Waals surface area contributed by atoms with Crippen molar-refractivity contribution in [3.63, 3.8) is 0 Å². The number of carbonyl (C=O) groups excluding carboxylic acids is 1. The van der Waals surface area contributed by atoms with Crippen LogP contribution in [0.4, 0.5) is 13.2 Å². The summed E-state index contributed by atoms with van der Waals surface area (Å²) < 4.78 is 42.7. The number of alkyl halides is 3. The second kappa shape index (κ2) is 8.56. The zero-order valence-electron chi connectivity index (χ0n) is 18.0. The Morgan fingerprint density at radius 1 is 1.26 bits per heavy atom. The molecule has 34 heavy (non-hydrogen) atoms. The van der Waals surface area contributed by atoms with E-state index < -0.39 is 35.1 Å². The van der Waals surface area contributed by atoms with Gasteiger partial charge < -0.3 is 15.6 Å². The second-order valence-electron chi connectivity index (χ2n) is 8.30. The molecule has 1 amide bonds. The van der Waals surface area contributed by atoms with Gasteiger partial charge in [-0.3, -0.25) is 14.6 Å². The average molecular weight is 474 g/mol. The summed E-state index contributed by atoms with van der Waals surface area (Å²) in [6.07, 6.45) is -0.463. The maximum Gasteiger partial charge on any atom is 0.573 e. The van der Waals surface area contributed by atoms with Gasteiger partial charge in [-0.2, -0.15) is 9.78 Å². The molecule has 178 valence electrons. The van der Waals surface area contributed by atoms with Gasteiger partial charge >= 0.3 is 6.36 Å². The first-order chi connectivity index (χ1) is 16.0. The molecule has 2 atom stereocenters.